The zero-order valence-corrected chi connectivity index (χ0v) is 12.7. The van der Waals surface area contributed by atoms with Crippen molar-refractivity contribution < 1.29 is 4.39 Å². The lowest BCUT2D eigenvalue weighted by Gasteiger charge is -2.20. The van der Waals surface area contributed by atoms with Crippen molar-refractivity contribution in [2.24, 2.45) is 5.92 Å². The third-order valence-corrected chi connectivity index (χ3v) is 3.31. The summed E-state index contributed by atoms with van der Waals surface area (Å²) in [5, 5.41) is 4.85. The Morgan fingerprint density at radius 2 is 1.95 bits per heavy atom. The van der Waals surface area contributed by atoms with Gasteiger partial charge in [0.2, 0.25) is 0 Å². The second-order valence-electron chi connectivity index (χ2n) is 6.70. The molecule has 0 aliphatic heterocycles. The first-order valence-corrected chi connectivity index (χ1v) is 6.90. The van der Waals surface area contributed by atoms with Gasteiger partial charge in [-0.05, 0) is 29.0 Å². The van der Waals surface area contributed by atoms with E-state index in [0.29, 0.717) is 11.9 Å². The molecule has 1 aromatic heterocycles. The molecule has 3 nitrogen and oxygen atoms in total. The highest BCUT2D eigenvalue weighted by Gasteiger charge is 2.18. The summed E-state index contributed by atoms with van der Waals surface area (Å²) in [4.78, 5) is 12.3. The Balaban J connectivity index is 2.69. The number of benzene rings is 1. The summed E-state index contributed by atoms with van der Waals surface area (Å²) in [5.41, 5.74) is 0.349. The number of aromatic nitrogens is 2. The van der Waals surface area contributed by atoms with Crippen molar-refractivity contribution in [1.82, 2.24) is 9.78 Å². The average molecular weight is 276 g/mol. The van der Waals surface area contributed by atoms with Crippen LogP contribution in [0.4, 0.5) is 4.39 Å². The lowest BCUT2D eigenvalue weighted by Crippen LogP contribution is -2.26. The lowest BCUT2D eigenvalue weighted by atomic mass is 9.86. The minimum Gasteiger partial charge on any atom is -0.267 e. The second kappa shape index (κ2) is 5.00. The molecule has 0 saturated carbocycles. The van der Waals surface area contributed by atoms with Crippen molar-refractivity contribution >= 4 is 10.8 Å². The standard InChI is InChI=1S/C16H21FN2O/c1-10(2)9-19-15(20)14-11(8-18-19)6-12(7-13(14)17)16(3,4)5/h6-8,10H,9H2,1-5H3. The van der Waals surface area contributed by atoms with Gasteiger partial charge >= 0.3 is 0 Å². The summed E-state index contributed by atoms with van der Waals surface area (Å²) >= 11 is 0. The molecular formula is C16H21FN2O. The van der Waals surface area contributed by atoms with Crippen molar-refractivity contribution in [2.75, 3.05) is 0 Å². The maximum Gasteiger partial charge on any atom is 0.277 e. The molecule has 0 amide bonds. The minimum atomic E-state index is -0.461. The van der Waals surface area contributed by atoms with Crippen molar-refractivity contribution in [3.05, 3.63) is 40.1 Å². The molecule has 0 radical (unpaired) electrons. The fourth-order valence-corrected chi connectivity index (χ4v) is 2.18. The first-order valence-electron chi connectivity index (χ1n) is 6.90. The van der Waals surface area contributed by atoms with Gasteiger partial charge in [0.25, 0.3) is 5.56 Å². The van der Waals surface area contributed by atoms with E-state index < -0.39 is 5.82 Å². The minimum absolute atomic E-state index is 0.133. The Labute approximate surface area is 118 Å². The Morgan fingerprint density at radius 1 is 1.30 bits per heavy atom. The van der Waals surface area contributed by atoms with E-state index in [4.69, 9.17) is 0 Å². The van der Waals surface area contributed by atoms with Crippen molar-refractivity contribution in [2.45, 2.75) is 46.6 Å². The third kappa shape index (κ3) is 2.74. The highest BCUT2D eigenvalue weighted by Crippen LogP contribution is 2.26. The van der Waals surface area contributed by atoms with Crippen LogP contribution < -0.4 is 5.56 Å². The molecule has 2 aromatic rings. The summed E-state index contributed by atoms with van der Waals surface area (Å²) in [6.07, 6.45) is 1.58. The van der Waals surface area contributed by atoms with Crippen LogP contribution in [0, 0.1) is 11.7 Å². The molecule has 108 valence electrons. The number of nitrogens with zero attached hydrogens (tertiary/aromatic N) is 2. The van der Waals surface area contributed by atoms with Crippen LogP contribution in [-0.2, 0) is 12.0 Å². The van der Waals surface area contributed by atoms with Gasteiger partial charge in [0.1, 0.15) is 5.82 Å². The third-order valence-electron chi connectivity index (χ3n) is 3.31. The van der Waals surface area contributed by atoms with Gasteiger partial charge in [-0.15, -0.1) is 0 Å². The molecule has 0 atom stereocenters. The summed E-state index contributed by atoms with van der Waals surface area (Å²) in [7, 11) is 0. The lowest BCUT2D eigenvalue weighted by molar-refractivity contribution is 0.465. The van der Waals surface area contributed by atoms with Crippen LogP contribution in [0.3, 0.4) is 0 Å². The van der Waals surface area contributed by atoms with E-state index in [-0.39, 0.29) is 22.3 Å². The molecule has 0 spiro atoms. The van der Waals surface area contributed by atoms with Crippen molar-refractivity contribution in [3.8, 4) is 0 Å². The Kier molecular flexibility index (Phi) is 3.67. The molecule has 0 aliphatic carbocycles. The molecule has 2 rings (SSSR count). The summed E-state index contributed by atoms with van der Waals surface area (Å²) in [6.45, 7) is 10.5. The van der Waals surface area contributed by atoms with Crippen LogP contribution >= 0.6 is 0 Å². The van der Waals surface area contributed by atoms with Gasteiger partial charge < -0.3 is 0 Å². The smallest absolute Gasteiger partial charge is 0.267 e. The molecular weight excluding hydrogens is 255 g/mol. The molecule has 0 N–H and O–H groups in total. The molecule has 20 heavy (non-hydrogen) atoms. The zero-order chi connectivity index (χ0) is 15.1. The highest BCUT2D eigenvalue weighted by molar-refractivity contribution is 5.82. The first kappa shape index (κ1) is 14.7. The van der Waals surface area contributed by atoms with Crippen LogP contribution in [0.15, 0.2) is 23.1 Å². The summed E-state index contributed by atoms with van der Waals surface area (Å²) in [5.74, 6) is -0.174. The number of hydrogen-bond donors (Lipinski definition) is 0. The van der Waals surface area contributed by atoms with E-state index in [2.05, 4.69) is 5.10 Å². The molecule has 0 fully saturated rings. The van der Waals surface area contributed by atoms with E-state index in [9.17, 15) is 9.18 Å². The summed E-state index contributed by atoms with van der Waals surface area (Å²) in [6, 6.07) is 3.32. The summed E-state index contributed by atoms with van der Waals surface area (Å²) < 4.78 is 15.7. The molecule has 1 heterocycles. The van der Waals surface area contributed by atoms with Crippen LogP contribution in [-0.4, -0.2) is 9.78 Å². The normalized spacial score (nSPS) is 12.3. The molecule has 0 saturated heterocycles. The fraction of sp³-hybridized carbons (Fsp3) is 0.500. The highest BCUT2D eigenvalue weighted by atomic mass is 19.1. The van der Waals surface area contributed by atoms with Gasteiger partial charge in [-0.25, -0.2) is 9.07 Å². The second-order valence-corrected chi connectivity index (χ2v) is 6.70. The average Bonchev–Trinajstić information content (AvgIpc) is 2.30. The monoisotopic (exact) mass is 276 g/mol. The van der Waals surface area contributed by atoms with E-state index in [1.807, 2.05) is 40.7 Å². The van der Waals surface area contributed by atoms with E-state index in [0.717, 1.165) is 5.56 Å². The fourth-order valence-electron chi connectivity index (χ4n) is 2.18. The molecule has 0 bridgehead atoms. The van der Waals surface area contributed by atoms with Crippen LogP contribution in [0.2, 0.25) is 0 Å². The quantitative estimate of drug-likeness (QED) is 0.841. The Hall–Kier alpha value is -1.71. The van der Waals surface area contributed by atoms with Gasteiger partial charge in [0.05, 0.1) is 11.6 Å². The van der Waals surface area contributed by atoms with Crippen molar-refractivity contribution in [3.63, 3.8) is 0 Å². The topological polar surface area (TPSA) is 34.9 Å². The van der Waals surface area contributed by atoms with Gasteiger partial charge in [0, 0.05) is 11.9 Å². The van der Waals surface area contributed by atoms with Gasteiger partial charge in [-0.2, -0.15) is 5.10 Å². The maximum atomic E-state index is 14.3. The Bertz CT molecular complexity index is 696. The van der Waals surface area contributed by atoms with Gasteiger partial charge in [-0.1, -0.05) is 34.6 Å². The predicted molar refractivity (Wildman–Crippen MR) is 79.5 cm³/mol. The van der Waals surface area contributed by atoms with Crippen LogP contribution in [0.5, 0.6) is 0 Å². The van der Waals surface area contributed by atoms with Crippen LogP contribution in [0.1, 0.15) is 40.2 Å². The molecule has 1 aromatic carbocycles. The van der Waals surface area contributed by atoms with Crippen LogP contribution in [0.25, 0.3) is 10.8 Å². The number of halogens is 1. The van der Waals surface area contributed by atoms with E-state index in [1.165, 1.54) is 10.7 Å². The number of rotatable bonds is 2. The van der Waals surface area contributed by atoms with E-state index >= 15 is 0 Å². The predicted octanol–water partition coefficient (Wildman–Crippen LogP) is 3.49. The van der Waals surface area contributed by atoms with Gasteiger partial charge in [0.15, 0.2) is 0 Å². The largest absolute Gasteiger partial charge is 0.277 e. The Morgan fingerprint density at radius 3 is 2.50 bits per heavy atom. The molecule has 4 heteroatoms. The SMILES string of the molecule is CC(C)Cn1ncc2cc(C(C)(C)C)cc(F)c2c1=O. The number of hydrogen-bond acceptors (Lipinski definition) is 2. The zero-order valence-electron chi connectivity index (χ0n) is 12.7. The molecule has 0 unspecified atom stereocenters. The number of fused-ring (bicyclic) bond motifs is 1. The van der Waals surface area contributed by atoms with E-state index in [1.54, 1.807) is 6.20 Å². The molecule has 0 aliphatic rings. The van der Waals surface area contributed by atoms with Gasteiger partial charge in [-0.3, -0.25) is 4.79 Å². The first-order chi connectivity index (χ1) is 9.20. The maximum absolute atomic E-state index is 14.3. The van der Waals surface area contributed by atoms with Crippen molar-refractivity contribution in [1.29, 1.82) is 0 Å².